The molecule has 0 aliphatic carbocycles. The number of aliphatic carboxylic acids is 1. The van der Waals surface area contributed by atoms with Crippen LogP contribution in [-0.4, -0.2) is 29.8 Å². The van der Waals surface area contributed by atoms with Crippen LogP contribution in [0.5, 0.6) is 11.5 Å². The van der Waals surface area contributed by atoms with Gasteiger partial charge in [-0.2, -0.15) is 4.39 Å². The van der Waals surface area contributed by atoms with E-state index in [2.05, 4.69) is 0 Å². The number of nitrogens with two attached hydrogens (primary N) is 1. The molecule has 4 N–H and O–H groups in total. The molecule has 0 fully saturated rings. The summed E-state index contributed by atoms with van der Waals surface area (Å²) >= 11 is 0. The fourth-order valence-corrected chi connectivity index (χ4v) is 1.40. The Hall–Kier alpha value is -1.82. The summed E-state index contributed by atoms with van der Waals surface area (Å²) in [5.41, 5.74) is 5.40. The highest BCUT2D eigenvalue weighted by Crippen LogP contribution is 2.33. The lowest BCUT2D eigenvalue weighted by molar-refractivity contribution is -0.138. The van der Waals surface area contributed by atoms with Crippen LogP contribution in [0.2, 0.25) is 0 Å². The normalized spacial score (nSPS) is 12.2. The number of ether oxygens (including phenoxy) is 1. The van der Waals surface area contributed by atoms with Crippen molar-refractivity contribution in [3.8, 4) is 11.5 Å². The van der Waals surface area contributed by atoms with Gasteiger partial charge < -0.3 is 20.7 Å². The number of phenolic OH excluding ortho intramolecular Hbond substituents is 1. The summed E-state index contributed by atoms with van der Waals surface area (Å²) in [5, 5.41) is 18.0. The molecule has 1 rings (SSSR count). The maximum absolute atomic E-state index is 13.4. The molecule has 0 saturated carbocycles. The van der Waals surface area contributed by atoms with Crippen molar-refractivity contribution >= 4 is 5.97 Å². The van der Waals surface area contributed by atoms with Gasteiger partial charge in [-0.05, 0) is 6.07 Å². The molecule has 1 aromatic rings. The van der Waals surface area contributed by atoms with Gasteiger partial charge in [0.25, 0.3) is 0 Å². The number of carbonyl (C=O) groups is 1. The molecule has 0 saturated heterocycles. The van der Waals surface area contributed by atoms with Crippen LogP contribution in [0, 0.1) is 5.82 Å². The van der Waals surface area contributed by atoms with Crippen molar-refractivity contribution in [3.63, 3.8) is 0 Å². The third-order valence-electron chi connectivity index (χ3n) is 2.22. The van der Waals surface area contributed by atoms with E-state index < -0.39 is 23.5 Å². The van der Waals surface area contributed by atoms with Gasteiger partial charge >= 0.3 is 5.97 Å². The molecule has 0 aromatic heterocycles. The van der Waals surface area contributed by atoms with Gasteiger partial charge in [-0.15, -0.1) is 0 Å². The third kappa shape index (κ3) is 2.06. The molecule has 1 unspecified atom stereocenters. The zero-order chi connectivity index (χ0) is 12.3. The maximum Gasteiger partial charge on any atom is 0.312 e. The number of carboxylic acid groups (broad SMARTS) is 1. The summed E-state index contributed by atoms with van der Waals surface area (Å²) in [6, 6.07) is 2.35. The van der Waals surface area contributed by atoms with Crippen LogP contribution in [-0.2, 0) is 4.79 Å². The van der Waals surface area contributed by atoms with Crippen molar-refractivity contribution in [2.24, 2.45) is 5.73 Å². The molecule has 0 radical (unpaired) electrons. The Morgan fingerprint density at radius 1 is 1.62 bits per heavy atom. The van der Waals surface area contributed by atoms with Gasteiger partial charge in [0, 0.05) is 12.1 Å². The first kappa shape index (κ1) is 12.3. The number of benzene rings is 1. The van der Waals surface area contributed by atoms with Gasteiger partial charge in [0.15, 0.2) is 11.5 Å². The zero-order valence-corrected chi connectivity index (χ0v) is 8.61. The summed E-state index contributed by atoms with van der Waals surface area (Å²) in [6.45, 7) is -0.185. The molecule has 6 heteroatoms. The van der Waals surface area contributed by atoms with Crippen LogP contribution in [0.3, 0.4) is 0 Å². The SMILES string of the molecule is COc1c(C(CN)C(=O)O)ccc(O)c1F. The number of rotatable bonds is 4. The Labute approximate surface area is 91.3 Å². The molecule has 0 bridgehead atoms. The lowest BCUT2D eigenvalue weighted by Crippen LogP contribution is -2.22. The second-order valence-corrected chi connectivity index (χ2v) is 3.15. The Bertz CT molecular complexity index is 408. The minimum absolute atomic E-state index is 0.104. The number of phenols is 1. The molecule has 0 spiro atoms. The molecule has 1 atom stereocenters. The first-order chi connectivity index (χ1) is 7.52. The molecule has 5 nitrogen and oxygen atoms in total. The number of hydrogen-bond acceptors (Lipinski definition) is 4. The van der Waals surface area contributed by atoms with E-state index in [0.29, 0.717) is 0 Å². The van der Waals surface area contributed by atoms with Crippen LogP contribution in [0.25, 0.3) is 0 Å². The molecule has 88 valence electrons. The number of aromatic hydroxyl groups is 1. The number of methoxy groups -OCH3 is 1. The van der Waals surface area contributed by atoms with Crippen molar-refractivity contribution < 1.29 is 24.1 Å². The fourth-order valence-electron chi connectivity index (χ4n) is 1.40. The summed E-state index contributed by atoms with van der Waals surface area (Å²) in [4.78, 5) is 10.9. The molecule has 1 aromatic carbocycles. The van der Waals surface area contributed by atoms with Crippen molar-refractivity contribution in [2.45, 2.75) is 5.92 Å². The van der Waals surface area contributed by atoms with E-state index >= 15 is 0 Å². The Morgan fingerprint density at radius 2 is 2.25 bits per heavy atom. The summed E-state index contributed by atoms with van der Waals surface area (Å²) in [5.74, 6) is -4.12. The topological polar surface area (TPSA) is 92.8 Å². The summed E-state index contributed by atoms with van der Waals surface area (Å²) < 4.78 is 18.1. The van der Waals surface area contributed by atoms with Gasteiger partial charge in [-0.25, -0.2) is 0 Å². The van der Waals surface area contributed by atoms with Crippen LogP contribution in [0.4, 0.5) is 4.39 Å². The van der Waals surface area contributed by atoms with Crippen LogP contribution in [0.1, 0.15) is 11.5 Å². The molecular weight excluding hydrogens is 217 g/mol. The fraction of sp³-hybridized carbons (Fsp3) is 0.300. The Balaban J connectivity index is 3.32. The average molecular weight is 229 g/mol. The molecule has 0 aliphatic heterocycles. The lowest BCUT2D eigenvalue weighted by Gasteiger charge is -2.15. The summed E-state index contributed by atoms with van der Waals surface area (Å²) in [6.07, 6.45) is 0. The molecule has 16 heavy (non-hydrogen) atoms. The number of halogens is 1. The molecule has 0 heterocycles. The minimum Gasteiger partial charge on any atom is -0.505 e. The largest absolute Gasteiger partial charge is 0.505 e. The van der Waals surface area contributed by atoms with Gasteiger partial charge in [-0.3, -0.25) is 4.79 Å². The van der Waals surface area contributed by atoms with Gasteiger partial charge in [0.2, 0.25) is 5.82 Å². The monoisotopic (exact) mass is 229 g/mol. The average Bonchev–Trinajstić information content (AvgIpc) is 2.24. The predicted octanol–water partition coefficient (Wildman–Crippen LogP) is 0.667. The first-order valence-corrected chi connectivity index (χ1v) is 4.51. The Morgan fingerprint density at radius 3 is 2.69 bits per heavy atom. The van der Waals surface area contributed by atoms with E-state index in [9.17, 15) is 9.18 Å². The predicted molar refractivity (Wildman–Crippen MR) is 54.0 cm³/mol. The van der Waals surface area contributed by atoms with Crippen molar-refractivity contribution in [2.75, 3.05) is 13.7 Å². The highest BCUT2D eigenvalue weighted by atomic mass is 19.1. The third-order valence-corrected chi connectivity index (χ3v) is 2.22. The highest BCUT2D eigenvalue weighted by molar-refractivity contribution is 5.77. The first-order valence-electron chi connectivity index (χ1n) is 4.51. The van der Waals surface area contributed by atoms with Gasteiger partial charge in [0.05, 0.1) is 13.0 Å². The molecular formula is C10H12FNO4. The quantitative estimate of drug-likeness (QED) is 0.705. The van der Waals surface area contributed by atoms with E-state index in [4.69, 9.17) is 20.7 Å². The van der Waals surface area contributed by atoms with E-state index in [1.807, 2.05) is 0 Å². The van der Waals surface area contributed by atoms with Crippen LogP contribution >= 0.6 is 0 Å². The van der Waals surface area contributed by atoms with Gasteiger partial charge in [-0.1, -0.05) is 6.07 Å². The van der Waals surface area contributed by atoms with Crippen molar-refractivity contribution in [3.05, 3.63) is 23.5 Å². The van der Waals surface area contributed by atoms with E-state index in [1.165, 1.54) is 13.2 Å². The number of carboxylic acids is 1. The number of hydrogen-bond donors (Lipinski definition) is 3. The molecule has 0 aliphatic rings. The second kappa shape index (κ2) is 4.80. The second-order valence-electron chi connectivity index (χ2n) is 3.15. The summed E-state index contributed by atoms with van der Waals surface area (Å²) in [7, 11) is 1.19. The molecule has 0 amide bonds. The maximum atomic E-state index is 13.4. The van der Waals surface area contributed by atoms with Gasteiger partial charge in [0.1, 0.15) is 0 Å². The standard InChI is InChI=1S/C10H12FNO4/c1-16-9-5(6(4-12)10(14)15)2-3-7(13)8(9)11/h2-3,6,13H,4,12H2,1H3,(H,14,15). The smallest absolute Gasteiger partial charge is 0.312 e. The van der Waals surface area contributed by atoms with Crippen molar-refractivity contribution in [1.29, 1.82) is 0 Å². The van der Waals surface area contributed by atoms with E-state index in [-0.39, 0.29) is 17.9 Å². The van der Waals surface area contributed by atoms with E-state index in [0.717, 1.165) is 6.07 Å². The minimum atomic E-state index is -1.18. The Kier molecular flexibility index (Phi) is 3.68. The zero-order valence-electron chi connectivity index (χ0n) is 8.61. The highest BCUT2D eigenvalue weighted by Gasteiger charge is 2.25. The lowest BCUT2D eigenvalue weighted by atomic mass is 9.98. The van der Waals surface area contributed by atoms with E-state index in [1.54, 1.807) is 0 Å². The van der Waals surface area contributed by atoms with Crippen LogP contribution in [0.15, 0.2) is 12.1 Å². The van der Waals surface area contributed by atoms with Crippen LogP contribution < -0.4 is 10.5 Å². The van der Waals surface area contributed by atoms with Crippen molar-refractivity contribution in [1.82, 2.24) is 0 Å².